The number of hydrogen-bond donors (Lipinski definition) is 0. The van der Waals surface area contributed by atoms with Gasteiger partial charge in [-0.25, -0.2) is 4.39 Å². The van der Waals surface area contributed by atoms with Crippen molar-refractivity contribution in [1.82, 2.24) is 14.7 Å². The third-order valence-electron chi connectivity index (χ3n) is 6.52. The Hall–Kier alpha value is -2.28. The van der Waals surface area contributed by atoms with E-state index < -0.39 is 0 Å². The molecule has 1 aromatic carbocycles. The Labute approximate surface area is 178 Å². The maximum Gasteiger partial charge on any atom is 0.236 e. The van der Waals surface area contributed by atoms with Crippen molar-refractivity contribution in [3.63, 3.8) is 0 Å². The number of ketones is 1. The molecule has 0 bridgehead atoms. The summed E-state index contributed by atoms with van der Waals surface area (Å²) in [5, 5.41) is 0. The maximum atomic E-state index is 13.0. The molecule has 0 unspecified atom stereocenters. The topological polar surface area (TPSA) is 60.9 Å². The van der Waals surface area contributed by atoms with Crippen molar-refractivity contribution in [3.8, 4) is 0 Å². The van der Waals surface area contributed by atoms with E-state index in [4.69, 9.17) is 0 Å². The molecule has 1 aromatic rings. The second-order valence-electron chi connectivity index (χ2n) is 8.95. The van der Waals surface area contributed by atoms with Gasteiger partial charge in [-0.15, -0.1) is 0 Å². The van der Waals surface area contributed by atoms with Gasteiger partial charge in [0.25, 0.3) is 0 Å². The molecule has 3 rings (SSSR count). The van der Waals surface area contributed by atoms with E-state index in [0.29, 0.717) is 37.0 Å². The van der Waals surface area contributed by atoms with Crippen molar-refractivity contribution >= 4 is 17.6 Å². The summed E-state index contributed by atoms with van der Waals surface area (Å²) in [4.78, 5) is 42.9. The molecule has 7 heteroatoms. The predicted molar refractivity (Wildman–Crippen MR) is 112 cm³/mol. The normalized spacial score (nSPS) is 23.4. The van der Waals surface area contributed by atoms with E-state index in [1.54, 1.807) is 0 Å². The molecule has 0 N–H and O–H groups in total. The van der Waals surface area contributed by atoms with Crippen LogP contribution >= 0.6 is 0 Å². The summed E-state index contributed by atoms with van der Waals surface area (Å²) in [6.07, 6.45) is 3.20. The number of nitrogens with zero attached hydrogens (tertiary/aromatic N) is 3. The molecule has 1 aliphatic heterocycles. The minimum atomic E-state index is -0.380. The zero-order chi connectivity index (χ0) is 21.8. The second-order valence-corrected chi connectivity index (χ2v) is 8.95. The van der Waals surface area contributed by atoms with E-state index in [0.717, 1.165) is 19.3 Å². The molecule has 0 radical (unpaired) electrons. The minimum absolute atomic E-state index is 0.00407. The van der Waals surface area contributed by atoms with Crippen LogP contribution in [0.1, 0.15) is 42.5 Å². The van der Waals surface area contributed by atoms with E-state index in [1.807, 2.05) is 35.8 Å². The molecule has 1 saturated heterocycles. The van der Waals surface area contributed by atoms with Crippen molar-refractivity contribution in [2.45, 2.75) is 38.1 Å². The Kier molecular flexibility index (Phi) is 7.23. The number of rotatable bonds is 7. The van der Waals surface area contributed by atoms with Crippen LogP contribution in [0.5, 0.6) is 0 Å². The van der Waals surface area contributed by atoms with Gasteiger partial charge in [-0.1, -0.05) is 0 Å². The maximum absolute atomic E-state index is 13.0. The first kappa shape index (κ1) is 22.4. The lowest BCUT2D eigenvalue weighted by Crippen LogP contribution is -2.42. The lowest BCUT2D eigenvalue weighted by Gasteiger charge is -2.35. The van der Waals surface area contributed by atoms with Gasteiger partial charge in [0.2, 0.25) is 11.8 Å². The number of carbonyl (C=O) groups excluding carboxylic acids is 3. The molecule has 1 heterocycles. The number of likely N-dealkylation sites (tertiary alicyclic amines) is 1. The van der Waals surface area contributed by atoms with Crippen molar-refractivity contribution < 1.29 is 18.8 Å². The van der Waals surface area contributed by atoms with Gasteiger partial charge in [0.05, 0.1) is 6.54 Å². The first-order valence-electron chi connectivity index (χ1n) is 10.7. The Morgan fingerprint density at radius 3 is 2.37 bits per heavy atom. The van der Waals surface area contributed by atoms with Crippen LogP contribution in [0.4, 0.5) is 4.39 Å². The summed E-state index contributed by atoms with van der Waals surface area (Å²) in [6.45, 7) is 1.84. The molecule has 6 nitrogen and oxygen atoms in total. The fraction of sp³-hybridized carbons (Fsp3) is 0.609. The average molecular weight is 418 g/mol. The molecule has 0 aromatic heterocycles. The smallest absolute Gasteiger partial charge is 0.236 e. The fourth-order valence-corrected chi connectivity index (χ4v) is 4.74. The van der Waals surface area contributed by atoms with Gasteiger partial charge in [0, 0.05) is 44.6 Å². The van der Waals surface area contributed by atoms with Crippen LogP contribution in [0.2, 0.25) is 0 Å². The SMILES string of the molecule is CN(C)CC(=O)N(C)[C@H]1C[C@H]2CCN(C(=O)CCC(=O)c3ccc(F)cc3)C[C@H]2C1. The Bertz CT molecular complexity index is 780. The van der Waals surface area contributed by atoms with Gasteiger partial charge < -0.3 is 14.7 Å². The van der Waals surface area contributed by atoms with Crippen LogP contribution in [0.25, 0.3) is 0 Å². The van der Waals surface area contributed by atoms with Gasteiger partial charge in [0.15, 0.2) is 5.78 Å². The van der Waals surface area contributed by atoms with E-state index in [1.165, 1.54) is 24.3 Å². The first-order chi connectivity index (χ1) is 14.2. The van der Waals surface area contributed by atoms with Gasteiger partial charge in [-0.2, -0.15) is 0 Å². The molecule has 3 atom stereocenters. The van der Waals surface area contributed by atoms with Crippen molar-refractivity contribution in [3.05, 3.63) is 35.6 Å². The number of likely N-dealkylation sites (N-methyl/N-ethyl adjacent to an activating group) is 2. The molecule has 2 amide bonds. The lowest BCUT2D eigenvalue weighted by atomic mass is 9.88. The standard InChI is InChI=1S/C23H32FN3O3/c1-25(2)15-23(30)26(3)20-12-17-10-11-27(14-18(17)13-20)22(29)9-8-21(28)16-4-6-19(24)7-5-16/h4-7,17-18,20H,8-15H2,1-3H3/t17-,18-,20+/m1/s1. The molecule has 2 aliphatic rings. The summed E-state index contributed by atoms with van der Waals surface area (Å²) in [5.41, 5.74) is 0.437. The molecular formula is C23H32FN3O3. The minimum Gasteiger partial charge on any atom is -0.342 e. The molecule has 0 spiro atoms. The molecular weight excluding hydrogens is 385 g/mol. The molecule has 2 fully saturated rings. The quantitative estimate of drug-likeness (QED) is 0.640. The molecule has 1 aliphatic carbocycles. The highest BCUT2D eigenvalue weighted by atomic mass is 19.1. The van der Waals surface area contributed by atoms with E-state index >= 15 is 0 Å². The van der Waals surface area contributed by atoms with Gasteiger partial charge >= 0.3 is 0 Å². The number of piperidine rings is 1. The Morgan fingerprint density at radius 2 is 1.70 bits per heavy atom. The van der Waals surface area contributed by atoms with Gasteiger partial charge in [0.1, 0.15) is 5.82 Å². The summed E-state index contributed by atoms with van der Waals surface area (Å²) >= 11 is 0. The van der Waals surface area contributed by atoms with Crippen LogP contribution in [-0.2, 0) is 9.59 Å². The first-order valence-corrected chi connectivity index (χ1v) is 10.7. The molecule has 1 saturated carbocycles. The van der Waals surface area contributed by atoms with Crippen LogP contribution in [-0.4, -0.2) is 79.1 Å². The highest BCUT2D eigenvalue weighted by Crippen LogP contribution is 2.40. The monoisotopic (exact) mass is 417 g/mol. The number of hydrogen-bond acceptors (Lipinski definition) is 4. The summed E-state index contributed by atoms with van der Waals surface area (Å²) in [6, 6.07) is 5.68. The highest BCUT2D eigenvalue weighted by Gasteiger charge is 2.41. The predicted octanol–water partition coefficient (Wildman–Crippen LogP) is 2.44. The van der Waals surface area contributed by atoms with Crippen molar-refractivity contribution in [1.29, 1.82) is 0 Å². The largest absolute Gasteiger partial charge is 0.342 e. The number of Topliss-reactive ketones (excluding diaryl/α,β-unsaturated/α-hetero) is 1. The van der Waals surface area contributed by atoms with Crippen LogP contribution in [0.3, 0.4) is 0 Å². The van der Waals surface area contributed by atoms with E-state index in [2.05, 4.69) is 0 Å². The number of amides is 2. The lowest BCUT2D eigenvalue weighted by molar-refractivity contribution is -0.134. The summed E-state index contributed by atoms with van der Waals surface area (Å²) < 4.78 is 13.0. The zero-order valence-electron chi connectivity index (χ0n) is 18.1. The Morgan fingerprint density at radius 1 is 1.03 bits per heavy atom. The summed E-state index contributed by atoms with van der Waals surface area (Å²) in [5.74, 6) is 0.583. The van der Waals surface area contributed by atoms with E-state index in [9.17, 15) is 18.8 Å². The van der Waals surface area contributed by atoms with Crippen molar-refractivity contribution in [2.24, 2.45) is 11.8 Å². The fourth-order valence-electron chi connectivity index (χ4n) is 4.74. The highest BCUT2D eigenvalue weighted by molar-refractivity contribution is 5.97. The molecule has 164 valence electrons. The van der Waals surface area contributed by atoms with Crippen molar-refractivity contribution in [2.75, 3.05) is 40.8 Å². The summed E-state index contributed by atoms with van der Waals surface area (Å²) in [7, 11) is 5.67. The van der Waals surface area contributed by atoms with Gasteiger partial charge in [-0.05, 0) is 69.5 Å². The van der Waals surface area contributed by atoms with Crippen LogP contribution in [0.15, 0.2) is 24.3 Å². The molecule has 30 heavy (non-hydrogen) atoms. The third-order valence-corrected chi connectivity index (χ3v) is 6.52. The third kappa shape index (κ3) is 5.45. The second kappa shape index (κ2) is 9.69. The zero-order valence-corrected chi connectivity index (χ0v) is 18.1. The van der Waals surface area contributed by atoms with Crippen LogP contribution in [0, 0.1) is 17.7 Å². The van der Waals surface area contributed by atoms with E-state index in [-0.39, 0.29) is 42.3 Å². The van der Waals surface area contributed by atoms with Crippen LogP contribution < -0.4 is 0 Å². The van der Waals surface area contributed by atoms with Gasteiger partial charge in [-0.3, -0.25) is 14.4 Å². The average Bonchev–Trinajstić information content (AvgIpc) is 3.14. The number of halogens is 1. The number of carbonyl (C=O) groups is 3. The number of fused-ring (bicyclic) bond motifs is 1. The Balaban J connectivity index is 1.48. The number of benzene rings is 1.